The summed E-state index contributed by atoms with van der Waals surface area (Å²) in [5, 5.41) is 9.74. The maximum Gasteiger partial charge on any atom is 0.321 e. The van der Waals surface area contributed by atoms with Crippen LogP contribution in [0, 0.1) is 0 Å². The molecule has 0 radical (unpaired) electrons. The van der Waals surface area contributed by atoms with Gasteiger partial charge in [-0.25, -0.2) is 4.79 Å². The van der Waals surface area contributed by atoms with Gasteiger partial charge in [0.25, 0.3) is 11.8 Å². The molecule has 0 aliphatic rings. The fourth-order valence-corrected chi connectivity index (χ4v) is 3.44. The summed E-state index contributed by atoms with van der Waals surface area (Å²) in [7, 11) is 3.24. The lowest BCUT2D eigenvalue weighted by molar-refractivity contribution is 0.0951. The van der Waals surface area contributed by atoms with Gasteiger partial charge in [-0.05, 0) is 42.0 Å². The predicted octanol–water partition coefficient (Wildman–Crippen LogP) is 4.38. The van der Waals surface area contributed by atoms with E-state index in [-0.39, 0.29) is 11.9 Å². The van der Waals surface area contributed by atoms with Gasteiger partial charge in [0.05, 0.1) is 12.8 Å². The maximum absolute atomic E-state index is 12.5. The van der Waals surface area contributed by atoms with Crippen molar-refractivity contribution in [3.8, 4) is 17.2 Å². The van der Waals surface area contributed by atoms with Gasteiger partial charge in [-0.15, -0.1) is 0 Å². The van der Waals surface area contributed by atoms with Crippen LogP contribution in [0.1, 0.15) is 21.7 Å². The number of benzene rings is 3. The molecule has 4 rings (SSSR count). The molecular formula is C27H27N5O4. The SMILES string of the molecule is COc1ccccc1NC(=O)N(C)CCc1noc(-c2ccc(C(=O)NCc3ccccc3)cc2)n1. The van der Waals surface area contributed by atoms with E-state index < -0.39 is 0 Å². The number of anilines is 1. The molecule has 1 heterocycles. The van der Waals surface area contributed by atoms with Gasteiger partial charge in [0.1, 0.15) is 5.75 Å². The highest BCUT2D eigenvalue weighted by Crippen LogP contribution is 2.23. The number of hydrogen-bond acceptors (Lipinski definition) is 6. The van der Waals surface area contributed by atoms with E-state index in [1.807, 2.05) is 42.5 Å². The number of hydrogen-bond donors (Lipinski definition) is 2. The minimum absolute atomic E-state index is 0.161. The van der Waals surface area contributed by atoms with Crippen molar-refractivity contribution < 1.29 is 18.8 Å². The van der Waals surface area contributed by atoms with Gasteiger partial charge in [0.15, 0.2) is 5.82 Å². The number of carbonyl (C=O) groups excluding carboxylic acids is 2. The van der Waals surface area contributed by atoms with Gasteiger partial charge in [-0.2, -0.15) is 4.98 Å². The van der Waals surface area contributed by atoms with Crippen molar-refractivity contribution in [2.24, 2.45) is 0 Å². The van der Waals surface area contributed by atoms with Crippen LogP contribution in [0.2, 0.25) is 0 Å². The number of nitrogens with zero attached hydrogens (tertiary/aromatic N) is 3. The van der Waals surface area contributed by atoms with Crippen LogP contribution in [0.3, 0.4) is 0 Å². The van der Waals surface area contributed by atoms with E-state index in [1.54, 1.807) is 50.6 Å². The van der Waals surface area contributed by atoms with Crippen LogP contribution in [-0.2, 0) is 13.0 Å². The van der Waals surface area contributed by atoms with Gasteiger partial charge >= 0.3 is 6.03 Å². The van der Waals surface area contributed by atoms with Crippen molar-refractivity contribution in [2.75, 3.05) is 26.0 Å². The summed E-state index contributed by atoms with van der Waals surface area (Å²) in [4.78, 5) is 30.9. The third kappa shape index (κ3) is 6.26. The molecule has 3 amide bonds. The normalized spacial score (nSPS) is 10.5. The second-order valence-electron chi connectivity index (χ2n) is 8.06. The van der Waals surface area contributed by atoms with Crippen LogP contribution in [0.4, 0.5) is 10.5 Å². The highest BCUT2D eigenvalue weighted by atomic mass is 16.5. The summed E-state index contributed by atoms with van der Waals surface area (Å²) in [6, 6.07) is 23.6. The van der Waals surface area contributed by atoms with Crippen LogP contribution >= 0.6 is 0 Å². The zero-order valence-corrected chi connectivity index (χ0v) is 20.1. The predicted molar refractivity (Wildman–Crippen MR) is 136 cm³/mol. The third-order valence-electron chi connectivity index (χ3n) is 5.52. The van der Waals surface area contributed by atoms with Crippen molar-refractivity contribution >= 4 is 17.6 Å². The Kier molecular flexibility index (Phi) is 7.92. The van der Waals surface area contributed by atoms with E-state index in [2.05, 4.69) is 20.8 Å². The molecule has 0 atom stereocenters. The number of urea groups is 1. The van der Waals surface area contributed by atoms with Gasteiger partial charge in [-0.1, -0.05) is 47.6 Å². The zero-order valence-electron chi connectivity index (χ0n) is 20.1. The molecule has 184 valence electrons. The van der Waals surface area contributed by atoms with Crippen molar-refractivity contribution in [1.29, 1.82) is 0 Å². The molecular weight excluding hydrogens is 458 g/mol. The molecule has 4 aromatic rings. The van der Waals surface area contributed by atoms with E-state index >= 15 is 0 Å². The van der Waals surface area contributed by atoms with Crippen molar-refractivity contribution in [3.05, 3.63) is 95.8 Å². The fraction of sp³-hybridized carbons (Fsp3) is 0.185. The molecule has 9 heteroatoms. The first kappa shape index (κ1) is 24.5. The van der Waals surface area contributed by atoms with Crippen LogP contribution in [0.15, 0.2) is 83.4 Å². The Balaban J connectivity index is 1.29. The van der Waals surface area contributed by atoms with E-state index in [0.717, 1.165) is 5.56 Å². The zero-order chi connectivity index (χ0) is 25.3. The standard InChI is InChI=1S/C27H27N5O4/c1-32(27(34)29-22-10-6-7-11-23(22)35-2)17-16-24-30-26(36-31-24)21-14-12-20(13-15-21)25(33)28-18-19-8-4-3-5-9-19/h3-15H,16-18H2,1-2H3,(H,28,33)(H,29,34). The van der Waals surface area contributed by atoms with E-state index in [1.165, 1.54) is 4.90 Å². The third-order valence-corrected chi connectivity index (χ3v) is 5.52. The monoisotopic (exact) mass is 485 g/mol. The molecule has 0 aliphatic heterocycles. The summed E-state index contributed by atoms with van der Waals surface area (Å²) in [5.41, 5.74) is 2.87. The summed E-state index contributed by atoms with van der Waals surface area (Å²) >= 11 is 0. The second kappa shape index (κ2) is 11.7. The van der Waals surface area contributed by atoms with Crippen LogP contribution < -0.4 is 15.4 Å². The van der Waals surface area contributed by atoms with Gasteiger partial charge in [0.2, 0.25) is 0 Å². The number of likely N-dealkylation sites (N-methyl/N-ethyl adjacent to an activating group) is 1. The Hall–Kier alpha value is -4.66. The first-order valence-electron chi connectivity index (χ1n) is 11.4. The first-order valence-corrected chi connectivity index (χ1v) is 11.4. The van der Waals surface area contributed by atoms with Crippen molar-refractivity contribution in [2.45, 2.75) is 13.0 Å². The summed E-state index contributed by atoms with van der Waals surface area (Å²) in [6.45, 7) is 0.848. The Morgan fingerprint density at radius 2 is 1.69 bits per heavy atom. The Bertz CT molecular complexity index is 1310. The Morgan fingerprint density at radius 1 is 0.972 bits per heavy atom. The quantitative estimate of drug-likeness (QED) is 0.364. The molecule has 9 nitrogen and oxygen atoms in total. The lowest BCUT2D eigenvalue weighted by Crippen LogP contribution is -2.33. The van der Waals surface area contributed by atoms with Crippen LogP contribution in [0.25, 0.3) is 11.5 Å². The van der Waals surface area contributed by atoms with Crippen LogP contribution in [-0.4, -0.2) is 47.7 Å². The first-order chi connectivity index (χ1) is 17.5. The summed E-state index contributed by atoms with van der Waals surface area (Å²) in [6.07, 6.45) is 0.416. The topological polar surface area (TPSA) is 110 Å². The number of ether oxygens (including phenoxy) is 1. The number of carbonyl (C=O) groups is 2. The molecule has 0 spiro atoms. The molecule has 0 saturated heterocycles. The average Bonchev–Trinajstić information content (AvgIpc) is 3.40. The van der Waals surface area contributed by atoms with E-state index in [4.69, 9.17) is 9.26 Å². The molecule has 0 aliphatic carbocycles. The summed E-state index contributed by atoms with van der Waals surface area (Å²) < 4.78 is 10.6. The van der Waals surface area contributed by atoms with E-state index in [9.17, 15) is 9.59 Å². The molecule has 0 bridgehead atoms. The highest BCUT2D eigenvalue weighted by molar-refractivity contribution is 5.94. The highest BCUT2D eigenvalue weighted by Gasteiger charge is 2.15. The molecule has 0 fully saturated rings. The smallest absolute Gasteiger partial charge is 0.321 e. The molecule has 0 saturated carbocycles. The number of amides is 3. The van der Waals surface area contributed by atoms with Gasteiger partial charge in [0, 0.05) is 37.7 Å². The largest absolute Gasteiger partial charge is 0.495 e. The lowest BCUT2D eigenvalue weighted by Gasteiger charge is -2.18. The summed E-state index contributed by atoms with van der Waals surface area (Å²) in [5.74, 6) is 1.25. The Morgan fingerprint density at radius 3 is 2.44 bits per heavy atom. The minimum atomic E-state index is -0.274. The van der Waals surface area contributed by atoms with Crippen molar-refractivity contribution in [1.82, 2.24) is 20.4 Å². The number of nitrogens with one attached hydrogen (secondary N) is 2. The minimum Gasteiger partial charge on any atom is -0.495 e. The molecule has 1 aromatic heterocycles. The number of methoxy groups -OCH3 is 1. The van der Waals surface area contributed by atoms with Crippen LogP contribution in [0.5, 0.6) is 5.75 Å². The van der Waals surface area contributed by atoms with Gasteiger partial charge in [-0.3, -0.25) is 4.79 Å². The average molecular weight is 486 g/mol. The lowest BCUT2D eigenvalue weighted by atomic mass is 10.1. The number of rotatable bonds is 9. The number of para-hydroxylation sites is 2. The number of aromatic nitrogens is 2. The molecule has 2 N–H and O–H groups in total. The van der Waals surface area contributed by atoms with Gasteiger partial charge < -0.3 is 24.8 Å². The molecule has 3 aromatic carbocycles. The second-order valence-corrected chi connectivity index (χ2v) is 8.06. The van der Waals surface area contributed by atoms with Crippen molar-refractivity contribution in [3.63, 3.8) is 0 Å². The maximum atomic E-state index is 12.5. The molecule has 36 heavy (non-hydrogen) atoms. The molecule has 0 unspecified atom stereocenters. The fourth-order valence-electron chi connectivity index (χ4n) is 3.44. The Labute approximate surface area is 209 Å². The van der Waals surface area contributed by atoms with E-state index in [0.29, 0.717) is 53.8 Å².